The van der Waals surface area contributed by atoms with Crippen molar-refractivity contribution in [3.63, 3.8) is 0 Å². The van der Waals surface area contributed by atoms with Crippen LogP contribution in [0.3, 0.4) is 0 Å². The van der Waals surface area contributed by atoms with Crippen LogP contribution in [-0.4, -0.2) is 15.6 Å². The Morgan fingerprint density at radius 3 is 2.71 bits per heavy atom. The summed E-state index contributed by atoms with van der Waals surface area (Å²) < 4.78 is 40.8. The number of alkyl halides is 3. The van der Waals surface area contributed by atoms with Gasteiger partial charge in [0, 0.05) is 25.0 Å². The van der Waals surface area contributed by atoms with Gasteiger partial charge in [0.15, 0.2) is 0 Å². The molecular weight excluding hydrogens is 279 g/mol. The zero-order chi connectivity index (χ0) is 14.9. The van der Waals surface area contributed by atoms with Crippen molar-refractivity contribution >= 4 is 0 Å². The second kappa shape index (κ2) is 5.52. The van der Waals surface area contributed by atoms with E-state index in [9.17, 15) is 13.2 Å². The van der Waals surface area contributed by atoms with Crippen LogP contribution in [0.1, 0.15) is 29.8 Å². The summed E-state index contributed by atoms with van der Waals surface area (Å²) >= 11 is 0. The number of hydrogen-bond donors (Lipinski definition) is 1. The van der Waals surface area contributed by atoms with Gasteiger partial charge in [0.2, 0.25) is 0 Å². The Hall–Kier alpha value is -1.82. The van der Waals surface area contributed by atoms with E-state index in [-0.39, 0.29) is 12.1 Å². The second-order valence-corrected chi connectivity index (χ2v) is 5.28. The van der Waals surface area contributed by atoms with Gasteiger partial charge in [-0.3, -0.25) is 0 Å². The van der Waals surface area contributed by atoms with Gasteiger partial charge in [0.25, 0.3) is 0 Å². The highest BCUT2D eigenvalue weighted by atomic mass is 19.4. The number of halogens is 3. The number of nitrogens with one attached hydrogen (secondary N) is 1. The number of hydrogen-bond acceptors (Lipinski definition) is 2. The van der Waals surface area contributed by atoms with Crippen LogP contribution in [0.15, 0.2) is 36.7 Å². The summed E-state index contributed by atoms with van der Waals surface area (Å²) in [7, 11) is 0. The van der Waals surface area contributed by atoms with Gasteiger partial charge in [0.05, 0.1) is 12.1 Å². The van der Waals surface area contributed by atoms with E-state index in [1.54, 1.807) is 23.0 Å². The Morgan fingerprint density at radius 2 is 2.00 bits per heavy atom. The molecule has 1 N–H and O–H groups in total. The molecule has 1 aromatic heterocycles. The molecule has 1 aromatic carbocycles. The molecule has 1 heterocycles. The molecule has 0 bridgehead atoms. The smallest absolute Gasteiger partial charge is 0.329 e. The van der Waals surface area contributed by atoms with Gasteiger partial charge in [-0.1, -0.05) is 18.2 Å². The lowest BCUT2D eigenvalue weighted by atomic mass is 10.1. The van der Waals surface area contributed by atoms with Gasteiger partial charge in [0.1, 0.15) is 5.82 Å². The minimum atomic E-state index is -4.33. The van der Waals surface area contributed by atoms with Crippen molar-refractivity contribution in [2.24, 2.45) is 0 Å². The highest BCUT2D eigenvalue weighted by Crippen LogP contribution is 2.32. The van der Waals surface area contributed by atoms with Crippen LogP contribution < -0.4 is 5.32 Å². The maximum atomic E-state index is 13.0. The van der Waals surface area contributed by atoms with Crippen LogP contribution in [0.2, 0.25) is 0 Å². The summed E-state index contributed by atoms with van der Waals surface area (Å²) in [5, 5.41) is 3.32. The second-order valence-electron chi connectivity index (χ2n) is 5.28. The summed E-state index contributed by atoms with van der Waals surface area (Å²) in [6.07, 6.45) is 1.34. The van der Waals surface area contributed by atoms with E-state index in [1.165, 1.54) is 12.1 Å². The molecule has 0 unspecified atom stereocenters. The molecule has 3 nitrogen and oxygen atoms in total. The maximum Gasteiger partial charge on any atom is 0.416 e. The van der Waals surface area contributed by atoms with Crippen molar-refractivity contribution in [2.45, 2.75) is 38.1 Å². The highest BCUT2D eigenvalue weighted by molar-refractivity contribution is 5.30. The predicted octanol–water partition coefficient (Wildman–Crippen LogP) is 3.20. The largest absolute Gasteiger partial charge is 0.416 e. The third-order valence-electron chi connectivity index (χ3n) is 3.59. The Labute approximate surface area is 120 Å². The zero-order valence-corrected chi connectivity index (χ0v) is 11.4. The van der Waals surface area contributed by atoms with E-state index >= 15 is 0 Å². The van der Waals surface area contributed by atoms with Crippen molar-refractivity contribution in [2.75, 3.05) is 0 Å². The minimum absolute atomic E-state index is 0.178. The maximum absolute atomic E-state index is 13.0. The SMILES string of the molecule is FC(F)(F)c1ccccc1Cn1ccnc1CNC1CC1. The number of nitrogens with zero attached hydrogens (tertiary/aromatic N) is 2. The highest BCUT2D eigenvalue weighted by Gasteiger charge is 2.33. The predicted molar refractivity (Wildman–Crippen MR) is 72.6 cm³/mol. The van der Waals surface area contributed by atoms with Gasteiger partial charge < -0.3 is 9.88 Å². The quantitative estimate of drug-likeness (QED) is 0.918. The molecule has 0 saturated heterocycles. The molecule has 6 heteroatoms. The summed E-state index contributed by atoms with van der Waals surface area (Å²) in [4.78, 5) is 4.22. The van der Waals surface area contributed by atoms with E-state index in [1.807, 2.05) is 0 Å². The number of benzene rings is 1. The molecule has 1 saturated carbocycles. The number of rotatable bonds is 5. The minimum Gasteiger partial charge on any atom is -0.329 e. The Morgan fingerprint density at radius 1 is 1.24 bits per heavy atom. The molecule has 1 fully saturated rings. The van der Waals surface area contributed by atoms with Gasteiger partial charge in [-0.05, 0) is 24.5 Å². The molecule has 21 heavy (non-hydrogen) atoms. The van der Waals surface area contributed by atoms with Crippen LogP contribution in [0.5, 0.6) is 0 Å². The first-order chi connectivity index (χ1) is 10.0. The molecule has 2 aromatic rings. The standard InChI is InChI=1S/C15H16F3N3/c16-15(17,18)13-4-2-1-3-11(13)10-21-8-7-19-14(21)9-20-12-5-6-12/h1-4,7-8,12,20H,5-6,9-10H2. The van der Waals surface area contributed by atoms with E-state index in [0.29, 0.717) is 12.6 Å². The fourth-order valence-corrected chi connectivity index (χ4v) is 2.29. The van der Waals surface area contributed by atoms with Crippen molar-refractivity contribution in [3.05, 3.63) is 53.6 Å². The first kappa shape index (κ1) is 14.1. The molecule has 112 valence electrons. The molecule has 0 amide bonds. The topological polar surface area (TPSA) is 29.9 Å². The third kappa shape index (κ3) is 3.44. The lowest BCUT2D eigenvalue weighted by Crippen LogP contribution is -2.19. The number of aromatic nitrogens is 2. The zero-order valence-electron chi connectivity index (χ0n) is 11.4. The lowest BCUT2D eigenvalue weighted by molar-refractivity contribution is -0.138. The van der Waals surface area contributed by atoms with Crippen molar-refractivity contribution in [1.29, 1.82) is 0 Å². The fraction of sp³-hybridized carbons (Fsp3) is 0.400. The Kier molecular flexibility index (Phi) is 3.71. The monoisotopic (exact) mass is 295 g/mol. The summed E-state index contributed by atoms with van der Waals surface area (Å²) in [5.41, 5.74) is -0.324. The molecule has 3 rings (SSSR count). The van der Waals surface area contributed by atoms with E-state index in [4.69, 9.17) is 0 Å². The first-order valence-electron chi connectivity index (χ1n) is 6.92. The third-order valence-corrected chi connectivity index (χ3v) is 3.59. The average molecular weight is 295 g/mol. The van der Waals surface area contributed by atoms with Gasteiger partial charge in [-0.2, -0.15) is 13.2 Å². The molecule has 0 aliphatic heterocycles. The Balaban J connectivity index is 1.79. The normalized spacial score (nSPS) is 15.4. The summed E-state index contributed by atoms with van der Waals surface area (Å²) in [5.74, 6) is 0.763. The molecule has 0 spiro atoms. The summed E-state index contributed by atoms with van der Waals surface area (Å²) in [6.45, 7) is 0.767. The van der Waals surface area contributed by atoms with Crippen LogP contribution >= 0.6 is 0 Å². The van der Waals surface area contributed by atoms with Crippen LogP contribution in [-0.2, 0) is 19.3 Å². The summed E-state index contributed by atoms with van der Waals surface area (Å²) in [6, 6.07) is 6.21. The van der Waals surface area contributed by atoms with E-state index in [0.717, 1.165) is 24.7 Å². The molecule has 0 atom stereocenters. The van der Waals surface area contributed by atoms with Crippen molar-refractivity contribution in [3.8, 4) is 0 Å². The molecule has 1 aliphatic carbocycles. The van der Waals surface area contributed by atoms with Crippen LogP contribution in [0.4, 0.5) is 13.2 Å². The van der Waals surface area contributed by atoms with Crippen molar-refractivity contribution in [1.82, 2.24) is 14.9 Å². The lowest BCUT2D eigenvalue weighted by Gasteiger charge is -2.14. The Bertz CT molecular complexity index is 615. The fourth-order valence-electron chi connectivity index (χ4n) is 2.29. The molecule has 1 aliphatic rings. The van der Waals surface area contributed by atoms with E-state index < -0.39 is 11.7 Å². The average Bonchev–Trinajstić information content (AvgIpc) is 3.16. The van der Waals surface area contributed by atoms with E-state index in [2.05, 4.69) is 10.3 Å². The van der Waals surface area contributed by atoms with Gasteiger partial charge in [-0.15, -0.1) is 0 Å². The number of imidazole rings is 1. The van der Waals surface area contributed by atoms with Gasteiger partial charge in [-0.25, -0.2) is 4.98 Å². The molecule has 0 radical (unpaired) electrons. The van der Waals surface area contributed by atoms with Gasteiger partial charge >= 0.3 is 6.18 Å². The van der Waals surface area contributed by atoms with Crippen LogP contribution in [0, 0.1) is 0 Å². The van der Waals surface area contributed by atoms with Crippen molar-refractivity contribution < 1.29 is 13.2 Å². The molecular formula is C15H16F3N3. The van der Waals surface area contributed by atoms with Crippen LogP contribution in [0.25, 0.3) is 0 Å². The first-order valence-corrected chi connectivity index (χ1v) is 6.92.